The number of carbonyl (C=O) groups excluding carboxylic acids is 2. The molecule has 0 aliphatic rings. The fourth-order valence-electron chi connectivity index (χ4n) is 4.12. The zero-order valence-corrected chi connectivity index (χ0v) is 23.6. The molecule has 198 valence electrons. The molecule has 0 saturated heterocycles. The van der Waals surface area contributed by atoms with Gasteiger partial charge in [-0.25, -0.2) is 4.79 Å². The number of nitrogens with zero attached hydrogens (tertiary/aromatic N) is 3. The third-order valence-electron chi connectivity index (χ3n) is 6.36. The van der Waals surface area contributed by atoms with Gasteiger partial charge < -0.3 is 19.7 Å². The zero-order chi connectivity index (χ0) is 26.5. The van der Waals surface area contributed by atoms with Crippen molar-refractivity contribution < 1.29 is 9.59 Å². The van der Waals surface area contributed by atoms with Crippen molar-refractivity contribution in [2.24, 2.45) is 0 Å². The van der Waals surface area contributed by atoms with Gasteiger partial charge in [0, 0.05) is 42.5 Å². The van der Waals surface area contributed by atoms with Crippen molar-refractivity contribution in [1.29, 1.82) is 0 Å². The van der Waals surface area contributed by atoms with Crippen molar-refractivity contribution >= 4 is 27.9 Å². The molecule has 0 unspecified atom stereocenters. The topological polar surface area (TPSA) is 57.6 Å². The lowest BCUT2D eigenvalue weighted by Crippen LogP contribution is -2.47. The normalized spacial score (nSPS) is 10.8. The molecule has 1 heterocycles. The number of hydrogen-bond acceptors (Lipinski definition) is 2. The van der Waals surface area contributed by atoms with Crippen LogP contribution < -0.4 is 5.32 Å². The molecular formula is C30H39BrN4O2. The van der Waals surface area contributed by atoms with Crippen LogP contribution in [-0.4, -0.2) is 45.9 Å². The molecule has 37 heavy (non-hydrogen) atoms. The maximum atomic E-state index is 13.5. The molecule has 1 N–H and O–H groups in total. The lowest BCUT2D eigenvalue weighted by atomic mass is 10.2. The van der Waals surface area contributed by atoms with E-state index in [9.17, 15) is 9.59 Å². The summed E-state index contributed by atoms with van der Waals surface area (Å²) in [6.07, 6.45) is 5.80. The Morgan fingerprint density at radius 3 is 2.19 bits per heavy atom. The van der Waals surface area contributed by atoms with Crippen LogP contribution in [0.2, 0.25) is 0 Å². The summed E-state index contributed by atoms with van der Waals surface area (Å²) in [5.74, 6) is -0.0178. The van der Waals surface area contributed by atoms with E-state index in [4.69, 9.17) is 0 Å². The molecule has 0 radical (unpaired) electrons. The van der Waals surface area contributed by atoms with Gasteiger partial charge in [-0.1, -0.05) is 85.1 Å². The SMILES string of the molecule is CCCCN(Cc1cccn1Cc1ccc(Br)cc1)C(=O)CN(CCCC)C(=O)NCc1ccccc1. The summed E-state index contributed by atoms with van der Waals surface area (Å²) in [6.45, 7) is 7.25. The molecule has 3 rings (SSSR count). The number of carbonyl (C=O) groups is 2. The monoisotopic (exact) mass is 566 g/mol. The molecule has 7 heteroatoms. The van der Waals surface area contributed by atoms with Crippen LogP contribution in [0, 0.1) is 0 Å². The van der Waals surface area contributed by atoms with Crippen LogP contribution in [0.4, 0.5) is 4.79 Å². The van der Waals surface area contributed by atoms with Crippen LogP contribution in [0.1, 0.15) is 56.4 Å². The lowest BCUT2D eigenvalue weighted by Gasteiger charge is -2.28. The Morgan fingerprint density at radius 1 is 0.838 bits per heavy atom. The quantitative estimate of drug-likeness (QED) is 0.244. The Kier molecular flexibility index (Phi) is 11.8. The van der Waals surface area contributed by atoms with Crippen molar-refractivity contribution in [3.8, 4) is 0 Å². The Balaban J connectivity index is 1.67. The van der Waals surface area contributed by atoms with Crippen LogP contribution in [-0.2, 0) is 24.4 Å². The Morgan fingerprint density at radius 2 is 1.51 bits per heavy atom. The van der Waals surface area contributed by atoms with Gasteiger partial charge in [-0.3, -0.25) is 4.79 Å². The van der Waals surface area contributed by atoms with E-state index in [1.165, 1.54) is 5.56 Å². The third kappa shape index (κ3) is 9.39. The standard InChI is InChI=1S/C30H39BrN4O2/c1-3-5-18-34(23-28-13-10-20-33(28)22-26-14-16-27(31)17-15-26)29(36)24-35(19-6-4-2)30(37)32-21-25-11-8-7-9-12-25/h7-17,20H,3-6,18-19,21-24H2,1-2H3,(H,32,37). The van der Waals surface area contributed by atoms with Gasteiger partial charge in [-0.2, -0.15) is 0 Å². The highest BCUT2D eigenvalue weighted by Gasteiger charge is 2.22. The number of rotatable bonds is 14. The van der Waals surface area contributed by atoms with Gasteiger partial charge in [0.2, 0.25) is 5.91 Å². The van der Waals surface area contributed by atoms with E-state index in [0.717, 1.165) is 48.0 Å². The molecule has 0 aliphatic carbocycles. The molecular weight excluding hydrogens is 528 g/mol. The molecule has 2 aromatic carbocycles. The largest absolute Gasteiger partial charge is 0.345 e. The molecule has 0 atom stereocenters. The third-order valence-corrected chi connectivity index (χ3v) is 6.89. The van der Waals surface area contributed by atoms with E-state index < -0.39 is 0 Å². The highest BCUT2D eigenvalue weighted by atomic mass is 79.9. The lowest BCUT2D eigenvalue weighted by molar-refractivity contribution is -0.132. The van der Waals surface area contributed by atoms with Crippen molar-refractivity contribution in [1.82, 2.24) is 19.7 Å². The van der Waals surface area contributed by atoms with Crippen LogP contribution in [0.25, 0.3) is 0 Å². The molecule has 0 aliphatic heterocycles. The second-order valence-electron chi connectivity index (χ2n) is 9.34. The smallest absolute Gasteiger partial charge is 0.318 e. The fourth-order valence-corrected chi connectivity index (χ4v) is 4.38. The van der Waals surface area contributed by atoms with E-state index >= 15 is 0 Å². The molecule has 3 aromatic rings. The van der Waals surface area contributed by atoms with Crippen LogP contribution in [0.5, 0.6) is 0 Å². The van der Waals surface area contributed by atoms with Crippen LogP contribution in [0.15, 0.2) is 77.4 Å². The van der Waals surface area contributed by atoms with Crippen molar-refractivity contribution in [3.05, 3.63) is 94.2 Å². The maximum Gasteiger partial charge on any atom is 0.318 e. The number of benzene rings is 2. The first-order valence-electron chi connectivity index (χ1n) is 13.2. The Bertz CT molecular complexity index is 1100. The predicted molar refractivity (Wildman–Crippen MR) is 153 cm³/mol. The van der Waals surface area contributed by atoms with Gasteiger partial charge >= 0.3 is 6.03 Å². The molecule has 1 aromatic heterocycles. The summed E-state index contributed by atoms with van der Waals surface area (Å²) in [7, 11) is 0. The zero-order valence-electron chi connectivity index (χ0n) is 22.0. The van der Waals surface area contributed by atoms with E-state index in [1.54, 1.807) is 4.90 Å². The van der Waals surface area contributed by atoms with Gasteiger partial charge in [-0.15, -0.1) is 0 Å². The maximum absolute atomic E-state index is 13.5. The Labute approximate surface area is 229 Å². The minimum atomic E-state index is -0.195. The molecule has 0 spiro atoms. The number of amides is 3. The number of unbranched alkanes of at least 4 members (excludes halogenated alkanes) is 2. The van der Waals surface area contributed by atoms with E-state index in [2.05, 4.69) is 64.1 Å². The first kappa shape index (κ1) is 28.5. The second kappa shape index (κ2) is 15.3. The summed E-state index contributed by atoms with van der Waals surface area (Å²) in [4.78, 5) is 30.1. The van der Waals surface area contributed by atoms with Crippen molar-refractivity contribution in [3.63, 3.8) is 0 Å². The molecule has 0 saturated carbocycles. The summed E-state index contributed by atoms with van der Waals surface area (Å²) in [6, 6.07) is 22.0. The first-order chi connectivity index (χ1) is 18.0. The van der Waals surface area contributed by atoms with E-state index in [1.807, 2.05) is 53.4 Å². The number of aromatic nitrogens is 1. The molecule has 0 fully saturated rings. The fraction of sp³-hybridized carbons (Fsp3) is 0.400. The van der Waals surface area contributed by atoms with Crippen LogP contribution >= 0.6 is 15.9 Å². The summed E-state index contributed by atoms with van der Waals surface area (Å²) in [5, 5.41) is 2.99. The molecule has 3 amide bonds. The molecule has 0 bridgehead atoms. The van der Waals surface area contributed by atoms with Crippen molar-refractivity contribution in [2.75, 3.05) is 19.6 Å². The van der Waals surface area contributed by atoms with Gasteiger partial charge in [0.1, 0.15) is 6.54 Å². The Hall–Kier alpha value is -3.06. The minimum Gasteiger partial charge on any atom is -0.345 e. The summed E-state index contributed by atoms with van der Waals surface area (Å²) in [5.41, 5.74) is 3.32. The molecule has 6 nitrogen and oxygen atoms in total. The summed E-state index contributed by atoms with van der Waals surface area (Å²) >= 11 is 3.49. The first-order valence-corrected chi connectivity index (χ1v) is 14.0. The average molecular weight is 568 g/mol. The van der Waals surface area contributed by atoms with Crippen molar-refractivity contribution in [2.45, 2.75) is 59.2 Å². The predicted octanol–water partition coefficient (Wildman–Crippen LogP) is 6.44. The van der Waals surface area contributed by atoms with E-state index in [-0.39, 0.29) is 18.5 Å². The van der Waals surface area contributed by atoms with E-state index in [0.29, 0.717) is 26.2 Å². The number of urea groups is 1. The van der Waals surface area contributed by atoms with Crippen LogP contribution in [0.3, 0.4) is 0 Å². The average Bonchev–Trinajstić information content (AvgIpc) is 3.35. The number of nitrogens with one attached hydrogen (secondary N) is 1. The van der Waals surface area contributed by atoms with Gasteiger partial charge in [0.05, 0.1) is 6.54 Å². The highest BCUT2D eigenvalue weighted by molar-refractivity contribution is 9.10. The number of hydrogen-bond donors (Lipinski definition) is 1. The summed E-state index contributed by atoms with van der Waals surface area (Å²) < 4.78 is 3.25. The number of halogens is 1. The van der Waals surface area contributed by atoms with Gasteiger partial charge in [0.25, 0.3) is 0 Å². The minimum absolute atomic E-state index is 0.0178. The second-order valence-corrected chi connectivity index (χ2v) is 10.3. The van der Waals surface area contributed by atoms with Gasteiger partial charge in [0.15, 0.2) is 0 Å². The van der Waals surface area contributed by atoms with Gasteiger partial charge in [-0.05, 0) is 48.2 Å². The highest BCUT2D eigenvalue weighted by Crippen LogP contribution is 2.15.